The summed E-state index contributed by atoms with van der Waals surface area (Å²) in [5.41, 5.74) is 1.54. The van der Waals surface area contributed by atoms with Crippen LogP contribution in [-0.4, -0.2) is 48.3 Å². The lowest BCUT2D eigenvalue weighted by Crippen LogP contribution is -2.39. The number of carbonyl (C=O) groups excluding carboxylic acids is 1. The number of aromatic nitrogens is 2. The molecule has 1 fully saturated rings. The number of ether oxygens (including phenoxy) is 1. The van der Waals surface area contributed by atoms with Gasteiger partial charge in [-0.1, -0.05) is 18.2 Å². The maximum atomic E-state index is 12.9. The van der Waals surface area contributed by atoms with Crippen molar-refractivity contribution >= 4 is 17.4 Å². The Bertz CT molecular complexity index is 972. The molecule has 0 spiro atoms. The quantitative estimate of drug-likeness (QED) is 0.788. The van der Waals surface area contributed by atoms with Crippen LogP contribution in [0.4, 0.5) is 11.5 Å². The number of hydrogen-bond acceptors (Lipinski definition) is 6. The number of para-hydroxylation sites is 1. The molecule has 0 atom stereocenters. The van der Waals surface area contributed by atoms with Gasteiger partial charge in [-0.05, 0) is 18.1 Å². The van der Waals surface area contributed by atoms with Crippen LogP contribution in [-0.2, 0) is 22.4 Å². The molecular weight excluding hydrogens is 346 g/mol. The predicted octanol–water partition coefficient (Wildman–Crippen LogP) is 0.541. The van der Waals surface area contributed by atoms with Crippen LogP contribution in [0.3, 0.4) is 0 Å². The summed E-state index contributed by atoms with van der Waals surface area (Å²) >= 11 is 0. The molecule has 8 heteroatoms. The summed E-state index contributed by atoms with van der Waals surface area (Å²) in [6.45, 7) is 2.95. The summed E-state index contributed by atoms with van der Waals surface area (Å²) in [6, 6.07) is 9.11. The van der Waals surface area contributed by atoms with Crippen LogP contribution < -0.4 is 15.4 Å². The molecule has 0 unspecified atom stereocenters. The normalized spacial score (nSPS) is 16.1. The fourth-order valence-electron chi connectivity index (χ4n) is 3.52. The number of nitrogens with zero attached hydrogens (tertiary/aromatic N) is 5. The van der Waals surface area contributed by atoms with E-state index in [-0.39, 0.29) is 18.2 Å². The van der Waals surface area contributed by atoms with Crippen molar-refractivity contribution in [2.75, 3.05) is 42.6 Å². The first-order valence-electron chi connectivity index (χ1n) is 8.91. The summed E-state index contributed by atoms with van der Waals surface area (Å²) in [4.78, 5) is 33.3. The second-order valence-electron chi connectivity index (χ2n) is 6.50. The Morgan fingerprint density at radius 3 is 2.78 bits per heavy atom. The summed E-state index contributed by atoms with van der Waals surface area (Å²) in [7, 11) is 0. The third-order valence-electron chi connectivity index (χ3n) is 4.91. The minimum Gasteiger partial charge on any atom is -0.378 e. The summed E-state index contributed by atoms with van der Waals surface area (Å²) in [5.74, 6) is 0.482. The molecule has 0 saturated carbocycles. The van der Waals surface area contributed by atoms with Crippen molar-refractivity contribution in [2.45, 2.75) is 12.8 Å². The third kappa shape index (κ3) is 3.29. The van der Waals surface area contributed by atoms with Gasteiger partial charge in [0, 0.05) is 31.4 Å². The van der Waals surface area contributed by atoms with Crippen LogP contribution in [0.1, 0.15) is 11.4 Å². The standard InChI is InChI=1S/C19H19N5O3/c20-13-24-17(21-16(11-19(24)26)22-7-9-27-10-8-22)12-18(25)23-6-5-14-3-1-2-4-15(14)23/h1-4,11H,5-10,12H2. The van der Waals surface area contributed by atoms with Gasteiger partial charge in [0.05, 0.1) is 19.6 Å². The van der Waals surface area contributed by atoms with Crippen LogP contribution in [0.2, 0.25) is 0 Å². The number of carbonyl (C=O) groups is 1. The highest BCUT2D eigenvalue weighted by molar-refractivity contribution is 5.96. The average Bonchev–Trinajstić information content (AvgIpc) is 3.13. The highest BCUT2D eigenvalue weighted by Gasteiger charge is 2.26. The number of hydrogen-bond donors (Lipinski definition) is 0. The van der Waals surface area contributed by atoms with E-state index in [2.05, 4.69) is 4.98 Å². The highest BCUT2D eigenvalue weighted by Crippen LogP contribution is 2.27. The molecule has 2 aliphatic heterocycles. The van der Waals surface area contributed by atoms with Crippen molar-refractivity contribution in [3.05, 3.63) is 52.1 Å². The maximum absolute atomic E-state index is 12.9. The van der Waals surface area contributed by atoms with Gasteiger partial charge in [0.1, 0.15) is 11.6 Å². The van der Waals surface area contributed by atoms with Gasteiger partial charge in [-0.25, -0.2) is 4.98 Å². The first-order chi connectivity index (χ1) is 13.2. The smallest absolute Gasteiger partial charge is 0.269 e. The number of rotatable bonds is 3. The lowest BCUT2D eigenvalue weighted by molar-refractivity contribution is -0.118. The Morgan fingerprint density at radius 2 is 2.00 bits per heavy atom. The number of benzene rings is 1. The van der Waals surface area contributed by atoms with E-state index >= 15 is 0 Å². The van der Waals surface area contributed by atoms with Gasteiger partial charge in [-0.15, -0.1) is 0 Å². The molecule has 2 aromatic rings. The van der Waals surface area contributed by atoms with Gasteiger partial charge in [0.25, 0.3) is 5.56 Å². The first kappa shape index (κ1) is 17.2. The SMILES string of the molecule is N#Cn1c(CC(=O)N2CCc3ccccc32)nc(N2CCOCC2)cc1=O. The monoisotopic (exact) mass is 365 g/mol. The molecule has 1 saturated heterocycles. The van der Waals surface area contributed by atoms with E-state index in [1.54, 1.807) is 4.90 Å². The maximum Gasteiger partial charge on any atom is 0.269 e. The van der Waals surface area contributed by atoms with Crippen molar-refractivity contribution < 1.29 is 9.53 Å². The number of anilines is 2. The average molecular weight is 365 g/mol. The Balaban J connectivity index is 1.63. The van der Waals surface area contributed by atoms with E-state index in [1.807, 2.05) is 35.4 Å². The molecule has 0 aliphatic carbocycles. The fraction of sp³-hybridized carbons (Fsp3) is 0.368. The van der Waals surface area contributed by atoms with Gasteiger partial charge in [0.2, 0.25) is 5.91 Å². The lowest BCUT2D eigenvalue weighted by Gasteiger charge is -2.28. The fourth-order valence-corrected chi connectivity index (χ4v) is 3.52. The van der Waals surface area contributed by atoms with Gasteiger partial charge in [0.15, 0.2) is 6.19 Å². The minimum atomic E-state index is -0.474. The molecule has 0 bridgehead atoms. The molecule has 2 aliphatic rings. The van der Waals surface area contributed by atoms with Gasteiger partial charge < -0.3 is 14.5 Å². The number of morpholine rings is 1. The zero-order valence-electron chi connectivity index (χ0n) is 14.8. The molecule has 1 aromatic carbocycles. The van der Waals surface area contributed by atoms with Gasteiger partial charge >= 0.3 is 0 Å². The Morgan fingerprint density at radius 1 is 1.22 bits per heavy atom. The largest absolute Gasteiger partial charge is 0.378 e. The van der Waals surface area contributed by atoms with Gasteiger partial charge in [-0.2, -0.15) is 9.83 Å². The van der Waals surface area contributed by atoms with E-state index in [0.717, 1.165) is 22.2 Å². The van der Waals surface area contributed by atoms with E-state index in [9.17, 15) is 14.9 Å². The predicted molar refractivity (Wildman–Crippen MR) is 98.7 cm³/mol. The molecular formula is C19H19N5O3. The second-order valence-corrected chi connectivity index (χ2v) is 6.50. The molecule has 1 amide bonds. The van der Waals surface area contributed by atoms with Crippen molar-refractivity contribution in [2.24, 2.45) is 0 Å². The van der Waals surface area contributed by atoms with Crippen molar-refractivity contribution in [1.82, 2.24) is 9.55 Å². The molecule has 3 heterocycles. The Kier molecular flexibility index (Phi) is 4.60. The lowest BCUT2D eigenvalue weighted by atomic mass is 10.2. The van der Waals surface area contributed by atoms with Crippen LogP contribution in [0.5, 0.6) is 0 Å². The van der Waals surface area contributed by atoms with E-state index < -0.39 is 5.56 Å². The number of fused-ring (bicyclic) bond motifs is 1. The topological polar surface area (TPSA) is 91.5 Å². The minimum absolute atomic E-state index is 0.102. The van der Waals surface area contributed by atoms with Crippen molar-refractivity contribution in [3.63, 3.8) is 0 Å². The molecule has 1 aromatic heterocycles. The Hall–Kier alpha value is -3.18. The molecule has 0 N–H and O–H groups in total. The summed E-state index contributed by atoms with van der Waals surface area (Å²) in [5, 5.41) is 9.35. The van der Waals surface area contributed by atoms with Crippen molar-refractivity contribution in [1.29, 1.82) is 5.26 Å². The summed E-state index contributed by atoms with van der Waals surface area (Å²) in [6.07, 6.45) is 2.53. The zero-order chi connectivity index (χ0) is 18.8. The molecule has 138 valence electrons. The first-order valence-corrected chi connectivity index (χ1v) is 8.91. The highest BCUT2D eigenvalue weighted by atomic mass is 16.5. The van der Waals surface area contributed by atoms with E-state index in [0.29, 0.717) is 38.7 Å². The number of amides is 1. The number of nitriles is 1. The third-order valence-corrected chi connectivity index (χ3v) is 4.91. The van der Waals surface area contributed by atoms with Crippen LogP contribution >= 0.6 is 0 Å². The molecule has 0 radical (unpaired) electrons. The summed E-state index contributed by atoms with van der Waals surface area (Å²) < 4.78 is 6.22. The molecule has 8 nitrogen and oxygen atoms in total. The zero-order valence-corrected chi connectivity index (χ0v) is 14.8. The second kappa shape index (κ2) is 7.21. The van der Waals surface area contributed by atoms with Crippen molar-refractivity contribution in [3.8, 4) is 6.19 Å². The van der Waals surface area contributed by atoms with Crippen LogP contribution in [0.25, 0.3) is 0 Å². The van der Waals surface area contributed by atoms with Gasteiger partial charge in [-0.3, -0.25) is 9.59 Å². The van der Waals surface area contributed by atoms with Crippen LogP contribution in [0, 0.1) is 11.5 Å². The molecule has 27 heavy (non-hydrogen) atoms. The van der Waals surface area contributed by atoms with E-state index in [1.165, 1.54) is 6.07 Å². The van der Waals surface area contributed by atoms with E-state index in [4.69, 9.17) is 4.74 Å². The molecule has 4 rings (SSSR count). The Labute approximate surface area is 156 Å². The van der Waals surface area contributed by atoms with Crippen LogP contribution in [0.15, 0.2) is 35.1 Å².